The van der Waals surface area contributed by atoms with E-state index in [0.717, 1.165) is 11.1 Å². The Labute approximate surface area is 128 Å². The molecule has 0 amide bonds. The van der Waals surface area contributed by atoms with Crippen LogP contribution in [0.15, 0.2) is 17.1 Å². The molecule has 1 N–H and O–H groups in total. The predicted molar refractivity (Wildman–Crippen MR) is 77.1 cm³/mol. The van der Waals surface area contributed by atoms with E-state index in [1.165, 1.54) is 0 Å². The number of rotatable bonds is 1. The normalized spacial score (nSPS) is 11.1. The SMILES string of the molecule is CC=Nc1cc(C)cc(C(C)(C)C)c1O.[Cl][Zr][Cl]. The van der Waals surface area contributed by atoms with Gasteiger partial charge in [-0.25, -0.2) is 0 Å². The van der Waals surface area contributed by atoms with E-state index in [0.29, 0.717) is 11.4 Å². The number of hydrogen-bond donors (Lipinski definition) is 1. The van der Waals surface area contributed by atoms with Crippen LogP contribution in [-0.4, -0.2) is 11.3 Å². The molecule has 0 aliphatic heterocycles. The van der Waals surface area contributed by atoms with Gasteiger partial charge in [0.2, 0.25) is 0 Å². The summed E-state index contributed by atoms with van der Waals surface area (Å²) >= 11 is -0.826. The van der Waals surface area contributed by atoms with Crippen LogP contribution in [0.25, 0.3) is 0 Å². The van der Waals surface area contributed by atoms with Crippen LogP contribution < -0.4 is 0 Å². The van der Waals surface area contributed by atoms with Crippen molar-refractivity contribution in [2.75, 3.05) is 0 Å². The van der Waals surface area contributed by atoms with E-state index in [4.69, 9.17) is 17.0 Å². The van der Waals surface area contributed by atoms with Crippen LogP contribution in [0.5, 0.6) is 5.75 Å². The third-order valence-corrected chi connectivity index (χ3v) is 2.31. The fourth-order valence-electron chi connectivity index (χ4n) is 1.57. The first kappa shape index (κ1) is 18.2. The molecule has 0 heterocycles. The van der Waals surface area contributed by atoms with Crippen molar-refractivity contribution in [3.8, 4) is 5.75 Å². The second-order valence-corrected chi connectivity index (χ2v) is 8.62. The number of phenolic OH excluding ortho intramolecular Hbond substituents is 1. The molecule has 2 nitrogen and oxygen atoms in total. The van der Waals surface area contributed by atoms with Gasteiger partial charge in [0.25, 0.3) is 0 Å². The van der Waals surface area contributed by atoms with Gasteiger partial charge in [-0.3, -0.25) is 4.99 Å². The number of benzene rings is 1. The molecule has 0 bridgehead atoms. The minimum atomic E-state index is -0.826. The number of aromatic hydroxyl groups is 1. The quantitative estimate of drug-likeness (QED) is 0.689. The Hall–Kier alpha value is 0.153. The second kappa shape index (κ2) is 8.35. The zero-order chi connectivity index (χ0) is 14.3. The van der Waals surface area contributed by atoms with Crippen LogP contribution in [0.3, 0.4) is 0 Å². The predicted octanol–water partition coefficient (Wildman–Crippen LogP) is 5.10. The van der Waals surface area contributed by atoms with Gasteiger partial charge in [-0.05, 0) is 30.9 Å². The molecule has 0 fully saturated rings. The molecule has 0 aliphatic carbocycles. The Morgan fingerprint density at radius 2 is 1.78 bits per heavy atom. The summed E-state index contributed by atoms with van der Waals surface area (Å²) in [7, 11) is 9.87. The molecule has 0 atom stereocenters. The monoisotopic (exact) mass is 365 g/mol. The van der Waals surface area contributed by atoms with Crippen LogP contribution in [0, 0.1) is 6.92 Å². The maximum atomic E-state index is 10.1. The number of nitrogens with zero attached hydrogens (tertiary/aromatic N) is 1. The van der Waals surface area contributed by atoms with Crippen LogP contribution in [0.1, 0.15) is 38.8 Å². The minimum absolute atomic E-state index is 0.0614. The van der Waals surface area contributed by atoms with Crippen molar-refractivity contribution >= 4 is 28.9 Å². The summed E-state index contributed by atoms with van der Waals surface area (Å²) in [5.74, 6) is 0.297. The van der Waals surface area contributed by atoms with Crippen LogP contribution in [0.4, 0.5) is 5.69 Å². The van der Waals surface area contributed by atoms with Gasteiger partial charge in [-0.2, -0.15) is 0 Å². The molecular formula is C13H19Cl2NOZr. The summed E-state index contributed by atoms with van der Waals surface area (Å²) in [6.07, 6.45) is 1.70. The van der Waals surface area contributed by atoms with E-state index in [-0.39, 0.29) is 5.41 Å². The van der Waals surface area contributed by atoms with E-state index in [2.05, 4.69) is 25.8 Å². The van der Waals surface area contributed by atoms with E-state index in [1.807, 2.05) is 26.0 Å². The number of hydrogen-bond acceptors (Lipinski definition) is 2. The summed E-state index contributed by atoms with van der Waals surface area (Å²) in [5, 5.41) is 10.1. The third kappa shape index (κ3) is 5.86. The Balaban J connectivity index is 0.000000873. The number of aliphatic imine (C=N–C) groups is 1. The molecular weight excluding hydrogens is 348 g/mol. The molecule has 0 radical (unpaired) electrons. The fraction of sp³-hybridized carbons (Fsp3) is 0.462. The summed E-state index contributed by atoms with van der Waals surface area (Å²) in [5.41, 5.74) is 2.66. The van der Waals surface area contributed by atoms with Gasteiger partial charge >= 0.3 is 37.9 Å². The summed E-state index contributed by atoms with van der Waals surface area (Å²) in [6, 6.07) is 3.91. The molecule has 0 saturated carbocycles. The van der Waals surface area contributed by atoms with Crippen molar-refractivity contribution in [1.29, 1.82) is 0 Å². The van der Waals surface area contributed by atoms with Gasteiger partial charge in [-0.15, -0.1) is 0 Å². The third-order valence-electron chi connectivity index (χ3n) is 2.31. The molecule has 0 aliphatic rings. The average Bonchev–Trinajstić information content (AvgIpc) is 2.23. The molecule has 0 unspecified atom stereocenters. The van der Waals surface area contributed by atoms with Crippen LogP contribution in [-0.2, 0) is 26.3 Å². The standard InChI is InChI=1S/C13H19NO.2ClH.Zr/c1-6-14-11-8-9(2)7-10(12(11)15)13(3,4)5;;;/h6-8,15H,1-5H3;2*1H;/q;;;+2/p-2. The summed E-state index contributed by atoms with van der Waals surface area (Å²) in [4.78, 5) is 4.17. The second-order valence-electron chi connectivity index (χ2n) is 4.89. The van der Waals surface area contributed by atoms with Crippen molar-refractivity contribution < 1.29 is 26.0 Å². The van der Waals surface area contributed by atoms with Crippen LogP contribution in [0.2, 0.25) is 0 Å². The first-order chi connectivity index (χ1) is 8.27. The van der Waals surface area contributed by atoms with Crippen molar-refractivity contribution in [2.45, 2.75) is 40.0 Å². The zero-order valence-corrected chi connectivity index (χ0v) is 15.4. The Bertz CT molecular complexity index is 414. The first-order valence-electron chi connectivity index (χ1n) is 5.57. The van der Waals surface area contributed by atoms with Crippen molar-refractivity contribution in [3.63, 3.8) is 0 Å². The average molecular weight is 367 g/mol. The van der Waals surface area contributed by atoms with Crippen molar-refractivity contribution in [1.82, 2.24) is 0 Å². The molecule has 5 heteroatoms. The number of phenols is 1. The van der Waals surface area contributed by atoms with E-state index in [1.54, 1.807) is 6.21 Å². The number of halogens is 2. The summed E-state index contributed by atoms with van der Waals surface area (Å²) in [6.45, 7) is 10.1. The van der Waals surface area contributed by atoms with Gasteiger partial charge in [0, 0.05) is 11.8 Å². The van der Waals surface area contributed by atoms with Gasteiger partial charge in [-0.1, -0.05) is 26.8 Å². The molecule has 100 valence electrons. The maximum absolute atomic E-state index is 10.1. The molecule has 18 heavy (non-hydrogen) atoms. The van der Waals surface area contributed by atoms with E-state index >= 15 is 0 Å². The molecule has 0 aromatic heterocycles. The molecule has 1 rings (SSSR count). The van der Waals surface area contributed by atoms with Gasteiger partial charge in [0.05, 0.1) is 0 Å². The van der Waals surface area contributed by atoms with E-state index < -0.39 is 20.8 Å². The van der Waals surface area contributed by atoms with Gasteiger partial charge < -0.3 is 5.11 Å². The molecule has 0 spiro atoms. The molecule has 1 aromatic carbocycles. The number of aryl methyl sites for hydroxylation is 1. The zero-order valence-electron chi connectivity index (χ0n) is 11.4. The van der Waals surface area contributed by atoms with E-state index in [9.17, 15) is 5.11 Å². The fourth-order valence-corrected chi connectivity index (χ4v) is 1.57. The topological polar surface area (TPSA) is 32.6 Å². The Kier molecular flexibility index (Phi) is 8.42. The first-order valence-corrected chi connectivity index (χ1v) is 11.9. The Morgan fingerprint density at radius 1 is 1.28 bits per heavy atom. The molecule has 1 aromatic rings. The van der Waals surface area contributed by atoms with Crippen molar-refractivity contribution in [2.24, 2.45) is 4.99 Å². The van der Waals surface area contributed by atoms with Crippen LogP contribution >= 0.6 is 17.0 Å². The van der Waals surface area contributed by atoms with Gasteiger partial charge in [0.1, 0.15) is 11.4 Å². The van der Waals surface area contributed by atoms with Crippen molar-refractivity contribution in [3.05, 3.63) is 23.3 Å². The Morgan fingerprint density at radius 3 is 2.17 bits per heavy atom. The van der Waals surface area contributed by atoms with Gasteiger partial charge in [0.15, 0.2) is 0 Å². The molecule has 0 saturated heterocycles. The summed E-state index contributed by atoms with van der Waals surface area (Å²) < 4.78 is 0.